The second-order valence-electron chi connectivity index (χ2n) is 4.40. The van der Waals surface area contributed by atoms with E-state index in [-0.39, 0.29) is 12.5 Å². The molecule has 1 N–H and O–H groups in total. The third-order valence-corrected chi connectivity index (χ3v) is 2.88. The smallest absolute Gasteiger partial charge is 0.349 e. The highest BCUT2D eigenvalue weighted by Gasteiger charge is 2.08. The maximum Gasteiger partial charge on any atom is 0.349 e. The first kappa shape index (κ1) is 15.9. The molecule has 114 valence electrons. The van der Waals surface area contributed by atoms with Crippen LogP contribution >= 0.6 is 11.6 Å². The summed E-state index contributed by atoms with van der Waals surface area (Å²) in [5.74, 6) is -0.0439. The van der Waals surface area contributed by atoms with Gasteiger partial charge in [0.05, 0.1) is 5.02 Å². The Morgan fingerprint density at radius 3 is 2.64 bits per heavy atom. The molecule has 2 aromatic carbocycles. The Bertz CT molecular complexity index is 687. The number of anilines is 1. The molecule has 0 bridgehead atoms. The van der Waals surface area contributed by atoms with Gasteiger partial charge in [-0.25, -0.2) is 4.79 Å². The molecule has 0 radical (unpaired) electrons. The lowest BCUT2D eigenvalue weighted by Crippen LogP contribution is -2.18. The van der Waals surface area contributed by atoms with Gasteiger partial charge in [0, 0.05) is 18.7 Å². The van der Waals surface area contributed by atoms with Crippen molar-refractivity contribution in [2.45, 2.75) is 6.92 Å². The third-order valence-electron chi connectivity index (χ3n) is 2.57. The Balaban J connectivity index is 1.92. The lowest BCUT2D eigenvalue weighted by Gasteiger charge is -2.09. The van der Waals surface area contributed by atoms with E-state index in [1.54, 1.807) is 48.5 Å². The minimum absolute atomic E-state index is 0.203. The van der Waals surface area contributed by atoms with Crippen molar-refractivity contribution in [3.8, 4) is 11.5 Å². The Morgan fingerprint density at radius 2 is 1.91 bits per heavy atom. The molecule has 0 unspecified atom stereocenters. The summed E-state index contributed by atoms with van der Waals surface area (Å²) in [6, 6.07) is 13.4. The van der Waals surface area contributed by atoms with E-state index in [1.807, 2.05) is 0 Å². The number of carbonyl (C=O) groups excluding carboxylic acids is 2. The molecule has 0 atom stereocenters. The van der Waals surface area contributed by atoms with Gasteiger partial charge in [-0.1, -0.05) is 29.8 Å². The molecule has 0 aliphatic heterocycles. The van der Waals surface area contributed by atoms with Crippen LogP contribution in [0.4, 0.5) is 5.69 Å². The summed E-state index contributed by atoms with van der Waals surface area (Å²) in [6.45, 7) is 1.13. The molecule has 2 aromatic rings. The first-order chi connectivity index (χ1) is 10.5. The molecule has 6 heteroatoms. The summed E-state index contributed by atoms with van der Waals surface area (Å²) < 4.78 is 10.4. The quantitative estimate of drug-likeness (QED) is 0.678. The molecule has 0 aliphatic carbocycles. The molecule has 0 saturated carbocycles. The highest BCUT2D eigenvalue weighted by molar-refractivity contribution is 6.32. The number of esters is 1. The van der Waals surface area contributed by atoms with Crippen molar-refractivity contribution in [2.24, 2.45) is 0 Å². The number of amides is 1. The first-order valence-corrected chi connectivity index (χ1v) is 6.88. The van der Waals surface area contributed by atoms with Gasteiger partial charge in [-0.05, 0) is 24.3 Å². The highest BCUT2D eigenvalue weighted by Crippen LogP contribution is 2.23. The molecular weight excluding hydrogens is 306 g/mol. The van der Waals surface area contributed by atoms with Gasteiger partial charge in [-0.15, -0.1) is 0 Å². The predicted octanol–water partition coefficient (Wildman–Crippen LogP) is 3.28. The fourth-order valence-corrected chi connectivity index (χ4v) is 1.89. The fourth-order valence-electron chi connectivity index (χ4n) is 1.70. The van der Waals surface area contributed by atoms with Crippen molar-refractivity contribution in [1.82, 2.24) is 0 Å². The highest BCUT2D eigenvalue weighted by atomic mass is 35.5. The number of benzene rings is 2. The van der Waals surface area contributed by atoms with Crippen LogP contribution in [0.25, 0.3) is 0 Å². The number of halogens is 1. The number of rotatable bonds is 5. The average Bonchev–Trinajstić information content (AvgIpc) is 2.46. The molecule has 1 amide bonds. The molecule has 0 saturated heterocycles. The SMILES string of the molecule is CC(=O)Nc1cccc(OC(=O)COc2ccccc2Cl)c1. The fraction of sp³-hybridized carbons (Fsp3) is 0.125. The lowest BCUT2D eigenvalue weighted by molar-refractivity contribution is -0.136. The standard InChI is InChI=1S/C16H14ClNO4/c1-11(19)18-12-5-4-6-13(9-12)22-16(20)10-21-15-8-3-2-7-14(15)17/h2-9H,10H2,1H3,(H,18,19). The van der Waals surface area contributed by atoms with Crippen LogP contribution in [0.3, 0.4) is 0 Å². The zero-order chi connectivity index (χ0) is 15.9. The van der Waals surface area contributed by atoms with Gasteiger partial charge in [0.2, 0.25) is 5.91 Å². The second kappa shape index (κ2) is 7.47. The van der Waals surface area contributed by atoms with E-state index < -0.39 is 5.97 Å². The zero-order valence-electron chi connectivity index (χ0n) is 11.8. The van der Waals surface area contributed by atoms with Crippen molar-refractivity contribution in [3.63, 3.8) is 0 Å². The molecule has 0 aromatic heterocycles. The molecule has 22 heavy (non-hydrogen) atoms. The summed E-state index contributed by atoms with van der Waals surface area (Å²) >= 11 is 5.92. The lowest BCUT2D eigenvalue weighted by atomic mass is 10.3. The minimum Gasteiger partial charge on any atom is -0.480 e. The predicted molar refractivity (Wildman–Crippen MR) is 83.3 cm³/mol. The van der Waals surface area contributed by atoms with Gasteiger partial charge in [-0.3, -0.25) is 4.79 Å². The summed E-state index contributed by atoms with van der Waals surface area (Å²) in [7, 11) is 0. The largest absolute Gasteiger partial charge is 0.480 e. The Kier molecular flexibility index (Phi) is 5.38. The van der Waals surface area contributed by atoms with Gasteiger partial charge in [0.25, 0.3) is 0 Å². The van der Waals surface area contributed by atoms with E-state index in [2.05, 4.69) is 5.32 Å². The molecule has 0 aliphatic rings. The van der Waals surface area contributed by atoms with E-state index in [9.17, 15) is 9.59 Å². The minimum atomic E-state index is -0.570. The van der Waals surface area contributed by atoms with Gasteiger partial charge in [-0.2, -0.15) is 0 Å². The number of hydrogen-bond acceptors (Lipinski definition) is 4. The molecule has 0 heterocycles. The number of ether oxygens (including phenoxy) is 2. The Hall–Kier alpha value is -2.53. The van der Waals surface area contributed by atoms with Crippen molar-refractivity contribution in [1.29, 1.82) is 0 Å². The Morgan fingerprint density at radius 1 is 1.14 bits per heavy atom. The van der Waals surface area contributed by atoms with E-state index in [0.717, 1.165) is 0 Å². The van der Waals surface area contributed by atoms with Crippen molar-refractivity contribution < 1.29 is 19.1 Å². The summed E-state index contributed by atoms with van der Waals surface area (Å²) in [5, 5.41) is 3.02. The van der Waals surface area contributed by atoms with E-state index >= 15 is 0 Å². The average molecular weight is 320 g/mol. The number of nitrogens with one attached hydrogen (secondary N) is 1. The van der Waals surface area contributed by atoms with Crippen LogP contribution in [0.2, 0.25) is 5.02 Å². The molecule has 0 fully saturated rings. The van der Waals surface area contributed by atoms with Crippen LogP contribution in [0.5, 0.6) is 11.5 Å². The van der Waals surface area contributed by atoms with Gasteiger partial charge in [0.15, 0.2) is 6.61 Å². The summed E-state index contributed by atoms with van der Waals surface area (Å²) in [4.78, 5) is 22.7. The van der Waals surface area contributed by atoms with Crippen LogP contribution in [0.15, 0.2) is 48.5 Å². The third kappa shape index (κ3) is 4.79. The number of para-hydroxylation sites is 1. The van der Waals surface area contributed by atoms with Gasteiger partial charge < -0.3 is 14.8 Å². The number of hydrogen-bond donors (Lipinski definition) is 1. The zero-order valence-corrected chi connectivity index (χ0v) is 12.6. The number of carbonyl (C=O) groups is 2. The van der Waals surface area contributed by atoms with E-state index in [4.69, 9.17) is 21.1 Å². The van der Waals surface area contributed by atoms with Crippen LogP contribution in [0, 0.1) is 0 Å². The molecule has 0 spiro atoms. The van der Waals surface area contributed by atoms with Crippen molar-refractivity contribution in [3.05, 3.63) is 53.6 Å². The van der Waals surface area contributed by atoms with Crippen molar-refractivity contribution in [2.75, 3.05) is 11.9 Å². The van der Waals surface area contributed by atoms with Gasteiger partial charge in [0.1, 0.15) is 11.5 Å². The molecule has 5 nitrogen and oxygen atoms in total. The molecular formula is C16H14ClNO4. The molecule has 2 rings (SSSR count). The summed E-state index contributed by atoms with van der Waals surface area (Å²) in [6.07, 6.45) is 0. The van der Waals surface area contributed by atoms with E-state index in [1.165, 1.54) is 6.92 Å². The topological polar surface area (TPSA) is 64.6 Å². The van der Waals surface area contributed by atoms with Crippen LogP contribution in [-0.4, -0.2) is 18.5 Å². The second-order valence-corrected chi connectivity index (χ2v) is 4.81. The van der Waals surface area contributed by atoms with Crippen LogP contribution in [0.1, 0.15) is 6.92 Å². The first-order valence-electron chi connectivity index (χ1n) is 6.50. The van der Waals surface area contributed by atoms with Crippen LogP contribution in [-0.2, 0) is 9.59 Å². The van der Waals surface area contributed by atoms with Crippen molar-refractivity contribution >= 4 is 29.2 Å². The maximum absolute atomic E-state index is 11.8. The normalized spacial score (nSPS) is 9.91. The van der Waals surface area contributed by atoms with Gasteiger partial charge >= 0.3 is 5.97 Å². The van der Waals surface area contributed by atoms with Crippen LogP contribution < -0.4 is 14.8 Å². The van der Waals surface area contributed by atoms with E-state index in [0.29, 0.717) is 22.2 Å². The summed E-state index contributed by atoms with van der Waals surface area (Å²) in [5.41, 5.74) is 0.546. The maximum atomic E-state index is 11.8. The Labute approximate surface area is 132 Å². The monoisotopic (exact) mass is 319 g/mol.